The van der Waals surface area contributed by atoms with Crippen molar-refractivity contribution in [2.24, 2.45) is 5.73 Å². The number of nitro benzene ring substituents is 1. The number of benzene rings is 1. The minimum Gasteiger partial charge on any atom is -0.384 e. The number of amides is 1. The number of aromatic nitrogens is 2. The molecule has 1 aromatic heterocycles. The Bertz CT molecular complexity index is 634. The number of hydrogen-bond donors (Lipinski definition) is 2. The molecule has 0 radical (unpaired) electrons. The largest absolute Gasteiger partial charge is 0.384 e. The van der Waals surface area contributed by atoms with E-state index < -0.39 is 10.8 Å². The molecular weight excluding hydrogens is 238 g/mol. The number of carbonyl (C=O) groups excluding carboxylic acids is 1. The van der Waals surface area contributed by atoms with E-state index in [0.29, 0.717) is 0 Å². The van der Waals surface area contributed by atoms with Crippen molar-refractivity contribution >= 4 is 17.4 Å². The van der Waals surface area contributed by atoms with Gasteiger partial charge in [-0.1, -0.05) is 12.1 Å². The Hall–Kier alpha value is -2.90. The Balaban J connectivity index is 2.62. The van der Waals surface area contributed by atoms with E-state index in [2.05, 4.69) is 5.10 Å². The Kier molecular flexibility index (Phi) is 2.68. The van der Waals surface area contributed by atoms with E-state index in [1.165, 1.54) is 24.3 Å². The average Bonchev–Trinajstić information content (AvgIpc) is 2.71. The zero-order chi connectivity index (χ0) is 13.3. The lowest BCUT2D eigenvalue weighted by Gasteiger charge is -2.04. The Labute approximate surface area is 101 Å². The molecule has 0 aliphatic heterocycles. The third-order valence-corrected chi connectivity index (χ3v) is 2.30. The van der Waals surface area contributed by atoms with Gasteiger partial charge < -0.3 is 11.5 Å². The van der Waals surface area contributed by atoms with Crippen LogP contribution in [0.4, 0.5) is 11.5 Å². The zero-order valence-corrected chi connectivity index (χ0v) is 9.11. The van der Waals surface area contributed by atoms with Gasteiger partial charge in [0.1, 0.15) is 11.5 Å². The Morgan fingerprint density at radius 2 is 2.06 bits per heavy atom. The standard InChI is InChI=1S/C10H9N5O3/c11-9-5-6(10(12)16)13-14(9)7-3-1-2-4-8(7)15(17)18/h1-5H,11H2,(H2,12,16). The van der Waals surface area contributed by atoms with Gasteiger partial charge in [-0.2, -0.15) is 5.10 Å². The predicted molar refractivity (Wildman–Crippen MR) is 63.1 cm³/mol. The highest BCUT2D eigenvalue weighted by Crippen LogP contribution is 2.24. The number of carbonyl (C=O) groups is 1. The topological polar surface area (TPSA) is 130 Å². The summed E-state index contributed by atoms with van der Waals surface area (Å²) in [6.07, 6.45) is 0. The number of para-hydroxylation sites is 2. The summed E-state index contributed by atoms with van der Waals surface area (Å²) >= 11 is 0. The van der Waals surface area contributed by atoms with E-state index in [9.17, 15) is 14.9 Å². The van der Waals surface area contributed by atoms with Gasteiger partial charge in [0, 0.05) is 12.1 Å². The van der Waals surface area contributed by atoms with E-state index >= 15 is 0 Å². The van der Waals surface area contributed by atoms with Crippen LogP contribution in [0.2, 0.25) is 0 Å². The molecule has 1 heterocycles. The van der Waals surface area contributed by atoms with Gasteiger partial charge in [-0.25, -0.2) is 4.68 Å². The van der Waals surface area contributed by atoms with Gasteiger partial charge in [-0.15, -0.1) is 0 Å². The highest BCUT2D eigenvalue weighted by atomic mass is 16.6. The molecule has 0 unspecified atom stereocenters. The van der Waals surface area contributed by atoms with Gasteiger partial charge >= 0.3 is 0 Å². The van der Waals surface area contributed by atoms with Crippen LogP contribution in [-0.2, 0) is 0 Å². The van der Waals surface area contributed by atoms with Crippen LogP contribution in [0.5, 0.6) is 0 Å². The molecule has 1 aromatic carbocycles. The molecule has 1 amide bonds. The highest BCUT2D eigenvalue weighted by molar-refractivity contribution is 5.91. The summed E-state index contributed by atoms with van der Waals surface area (Å²) < 4.78 is 1.11. The lowest BCUT2D eigenvalue weighted by atomic mass is 10.3. The molecule has 0 bridgehead atoms. The third kappa shape index (κ3) is 1.86. The molecule has 0 aliphatic rings. The normalized spacial score (nSPS) is 10.2. The summed E-state index contributed by atoms with van der Waals surface area (Å²) in [4.78, 5) is 21.3. The SMILES string of the molecule is NC(=O)c1cc(N)n(-c2ccccc2[N+](=O)[O-])n1. The van der Waals surface area contributed by atoms with Gasteiger partial charge in [0.25, 0.3) is 11.6 Å². The van der Waals surface area contributed by atoms with Crippen LogP contribution >= 0.6 is 0 Å². The molecule has 8 nitrogen and oxygen atoms in total. The zero-order valence-electron chi connectivity index (χ0n) is 9.11. The lowest BCUT2D eigenvalue weighted by molar-refractivity contribution is -0.384. The van der Waals surface area contributed by atoms with Crippen LogP contribution in [0.3, 0.4) is 0 Å². The smallest absolute Gasteiger partial charge is 0.294 e. The molecule has 0 spiro atoms. The Morgan fingerprint density at radius 3 is 2.61 bits per heavy atom. The molecule has 0 saturated heterocycles. The van der Waals surface area contributed by atoms with Crippen molar-refractivity contribution in [1.29, 1.82) is 0 Å². The first-order valence-electron chi connectivity index (χ1n) is 4.90. The maximum Gasteiger partial charge on any atom is 0.294 e. The summed E-state index contributed by atoms with van der Waals surface area (Å²) in [5.74, 6) is -0.655. The van der Waals surface area contributed by atoms with Crippen molar-refractivity contribution in [3.8, 4) is 5.69 Å². The molecule has 0 aliphatic carbocycles. The maximum absolute atomic E-state index is 11.0. The quantitative estimate of drug-likeness (QED) is 0.601. The molecule has 0 fully saturated rings. The number of primary amides is 1. The van der Waals surface area contributed by atoms with Gasteiger partial charge in [0.05, 0.1) is 4.92 Å². The van der Waals surface area contributed by atoms with Crippen molar-refractivity contribution in [2.45, 2.75) is 0 Å². The number of nitro groups is 1. The van der Waals surface area contributed by atoms with Crippen LogP contribution in [0.15, 0.2) is 30.3 Å². The summed E-state index contributed by atoms with van der Waals surface area (Å²) in [6, 6.07) is 7.19. The average molecular weight is 247 g/mol. The van der Waals surface area contributed by atoms with Crippen molar-refractivity contribution in [3.63, 3.8) is 0 Å². The minimum absolute atomic E-state index is 0.0503. The molecule has 4 N–H and O–H groups in total. The second-order valence-corrected chi connectivity index (χ2v) is 3.48. The number of hydrogen-bond acceptors (Lipinski definition) is 5. The molecule has 0 saturated carbocycles. The van der Waals surface area contributed by atoms with Crippen molar-refractivity contribution in [1.82, 2.24) is 9.78 Å². The molecule has 92 valence electrons. The van der Waals surface area contributed by atoms with Crippen LogP contribution < -0.4 is 11.5 Å². The molecular formula is C10H9N5O3. The summed E-state index contributed by atoms with van der Waals surface area (Å²) in [5, 5.41) is 14.7. The number of anilines is 1. The molecule has 0 atom stereocenters. The van der Waals surface area contributed by atoms with Crippen LogP contribution in [0, 0.1) is 10.1 Å². The summed E-state index contributed by atoms with van der Waals surface area (Å²) in [5.41, 5.74) is 10.7. The van der Waals surface area contributed by atoms with Gasteiger partial charge in [-0.05, 0) is 6.07 Å². The van der Waals surface area contributed by atoms with Crippen LogP contribution in [-0.4, -0.2) is 20.6 Å². The first-order valence-corrected chi connectivity index (χ1v) is 4.90. The number of nitrogens with zero attached hydrogens (tertiary/aromatic N) is 3. The van der Waals surface area contributed by atoms with E-state index in [0.717, 1.165) is 4.68 Å². The fourth-order valence-electron chi connectivity index (χ4n) is 1.51. The van der Waals surface area contributed by atoms with Gasteiger partial charge in [-0.3, -0.25) is 14.9 Å². The van der Waals surface area contributed by atoms with E-state index in [-0.39, 0.29) is 22.9 Å². The lowest BCUT2D eigenvalue weighted by Crippen LogP contribution is -2.12. The van der Waals surface area contributed by atoms with Crippen molar-refractivity contribution in [3.05, 3.63) is 46.1 Å². The predicted octanol–water partition coefficient (Wildman–Crippen LogP) is 0.462. The molecule has 18 heavy (non-hydrogen) atoms. The van der Waals surface area contributed by atoms with E-state index in [1.54, 1.807) is 6.07 Å². The Morgan fingerprint density at radius 1 is 1.39 bits per heavy atom. The van der Waals surface area contributed by atoms with Gasteiger partial charge in [0.15, 0.2) is 5.69 Å². The highest BCUT2D eigenvalue weighted by Gasteiger charge is 2.18. The summed E-state index contributed by atoms with van der Waals surface area (Å²) in [6.45, 7) is 0. The third-order valence-electron chi connectivity index (χ3n) is 2.30. The van der Waals surface area contributed by atoms with Crippen LogP contribution in [0.25, 0.3) is 5.69 Å². The van der Waals surface area contributed by atoms with E-state index in [4.69, 9.17) is 11.5 Å². The first-order chi connectivity index (χ1) is 8.50. The van der Waals surface area contributed by atoms with E-state index in [1.807, 2.05) is 0 Å². The molecule has 8 heteroatoms. The number of nitrogens with two attached hydrogens (primary N) is 2. The van der Waals surface area contributed by atoms with Crippen molar-refractivity contribution < 1.29 is 9.72 Å². The fourth-order valence-corrected chi connectivity index (χ4v) is 1.51. The second-order valence-electron chi connectivity index (χ2n) is 3.48. The second kappa shape index (κ2) is 4.17. The summed E-state index contributed by atoms with van der Waals surface area (Å²) in [7, 11) is 0. The van der Waals surface area contributed by atoms with Crippen molar-refractivity contribution in [2.75, 3.05) is 5.73 Å². The fraction of sp³-hybridized carbons (Fsp3) is 0. The maximum atomic E-state index is 11.0. The first kappa shape index (κ1) is 11.6. The van der Waals surface area contributed by atoms with Crippen LogP contribution in [0.1, 0.15) is 10.5 Å². The number of nitrogen functional groups attached to an aromatic ring is 1. The number of rotatable bonds is 3. The molecule has 2 rings (SSSR count). The monoisotopic (exact) mass is 247 g/mol. The van der Waals surface area contributed by atoms with Gasteiger partial charge in [0.2, 0.25) is 0 Å². The minimum atomic E-state index is -0.751. The molecule has 2 aromatic rings.